The molecule has 138 valence electrons. The number of hydrogen-bond donors (Lipinski definition) is 1. The Kier molecular flexibility index (Phi) is 6.74. The SMILES string of the molecule is [B]N(C(=O)c1c(Cl)cccc1[N+](=O)[O-])C(=O)[C@H](C)NC(=O)OC(C)(C)C. The van der Waals surface area contributed by atoms with E-state index in [2.05, 4.69) is 5.32 Å². The van der Waals surface area contributed by atoms with Crippen LogP contribution in [-0.2, 0) is 9.53 Å². The topological polar surface area (TPSA) is 119 Å². The second kappa shape index (κ2) is 8.18. The fourth-order valence-corrected chi connectivity index (χ4v) is 2.10. The van der Waals surface area contributed by atoms with Crippen molar-refractivity contribution in [1.82, 2.24) is 10.1 Å². The van der Waals surface area contributed by atoms with Crippen LogP contribution in [0.1, 0.15) is 38.1 Å². The maximum atomic E-state index is 12.4. The van der Waals surface area contributed by atoms with Crippen LogP contribution in [-0.4, -0.2) is 47.3 Å². The summed E-state index contributed by atoms with van der Waals surface area (Å²) in [7, 11) is 5.50. The molecule has 3 amide bonds. The number of imide groups is 1. The van der Waals surface area contributed by atoms with Crippen molar-refractivity contribution in [2.24, 2.45) is 0 Å². The number of rotatable bonds is 4. The van der Waals surface area contributed by atoms with E-state index in [0.717, 1.165) is 6.07 Å². The van der Waals surface area contributed by atoms with Crippen LogP contribution in [0.25, 0.3) is 0 Å². The zero-order valence-corrected chi connectivity index (χ0v) is 15.4. The molecule has 0 saturated carbocycles. The number of ether oxygens (including phenoxy) is 1. The molecule has 1 N–H and O–H groups in total. The Labute approximate surface area is 156 Å². The van der Waals surface area contributed by atoms with E-state index in [9.17, 15) is 24.5 Å². The van der Waals surface area contributed by atoms with Crippen LogP contribution in [0.3, 0.4) is 0 Å². The van der Waals surface area contributed by atoms with Crippen LogP contribution >= 0.6 is 11.6 Å². The van der Waals surface area contributed by atoms with Crippen molar-refractivity contribution in [3.8, 4) is 0 Å². The van der Waals surface area contributed by atoms with E-state index >= 15 is 0 Å². The smallest absolute Gasteiger partial charge is 0.408 e. The first-order valence-electron chi connectivity index (χ1n) is 7.40. The Morgan fingerprint density at radius 3 is 2.42 bits per heavy atom. The summed E-state index contributed by atoms with van der Waals surface area (Å²) >= 11 is 5.85. The van der Waals surface area contributed by atoms with Gasteiger partial charge >= 0.3 is 6.09 Å². The average molecular weight is 382 g/mol. The van der Waals surface area contributed by atoms with E-state index in [4.69, 9.17) is 24.3 Å². The van der Waals surface area contributed by atoms with Gasteiger partial charge in [0, 0.05) is 6.07 Å². The summed E-state index contributed by atoms with van der Waals surface area (Å²) in [5.74, 6) is -2.18. The summed E-state index contributed by atoms with van der Waals surface area (Å²) in [6, 6.07) is 2.37. The lowest BCUT2D eigenvalue weighted by Crippen LogP contribution is -2.49. The fraction of sp³-hybridized carbons (Fsp3) is 0.400. The standard InChI is InChI=1S/C15H17BClN3O6/c1-8(18-14(23)26-15(2,3)4)12(21)19(16)13(22)11-9(17)6-5-7-10(11)20(24)25/h5-8H,1-4H3,(H,18,23)/t8-/m0/s1. The van der Waals surface area contributed by atoms with E-state index in [-0.39, 0.29) is 9.83 Å². The van der Waals surface area contributed by atoms with Gasteiger partial charge in [-0.1, -0.05) is 17.7 Å². The molecule has 0 fully saturated rings. The van der Waals surface area contributed by atoms with Gasteiger partial charge in [-0.15, -0.1) is 0 Å². The van der Waals surface area contributed by atoms with Gasteiger partial charge in [0.15, 0.2) is 0 Å². The number of hydrogen-bond acceptors (Lipinski definition) is 6. The maximum absolute atomic E-state index is 12.4. The van der Waals surface area contributed by atoms with Crippen LogP contribution in [0.5, 0.6) is 0 Å². The first-order chi connectivity index (χ1) is 11.8. The van der Waals surface area contributed by atoms with Gasteiger partial charge in [-0.3, -0.25) is 19.7 Å². The summed E-state index contributed by atoms with van der Waals surface area (Å²) < 4.78 is 5.00. The lowest BCUT2D eigenvalue weighted by molar-refractivity contribution is -0.385. The molecule has 0 saturated heterocycles. The largest absolute Gasteiger partial charge is 0.444 e. The van der Waals surface area contributed by atoms with Crippen LogP contribution in [0.15, 0.2) is 18.2 Å². The molecule has 11 heteroatoms. The van der Waals surface area contributed by atoms with Gasteiger partial charge < -0.3 is 14.9 Å². The van der Waals surface area contributed by atoms with Crippen molar-refractivity contribution in [2.45, 2.75) is 39.3 Å². The number of halogens is 1. The minimum Gasteiger partial charge on any atom is -0.444 e. The van der Waals surface area contributed by atoms with Crippen molar-refractivity contribution in [3.63, 3.8) is 0 Å². The first kappa shape index (κ1) is 21.4. The van der Waals surface area contributed by atoms with Crippen LogP contribution < -0.4 is 5.32 Å². The van der Waals surface area contributed by atoms with Crippen molar-refractivity contribution in [2.75, 3.05) is 0 Å². The lowest BCUT2D eigenvalue weighted by atomic mass is 10.1. The molecule has 1 aromatic carbocycles. The zero-order chi connectivity index (χ0) is 20.2. The van der Waals surface area contributed by atoms with Crippen molar-refractivity contribution in [3.05, 3.63) is 38.9 Å². The number of amides is 3. The normalized spacial score (nSPS) is 12.0. The van der Waals surface area contributed by atoms with Crippen LogP contribution in [0, 0.1) is 10.1 Å². The number of carbonyl (C=O) groups is 3. The van der Waals surface area contributed by atoms with Gasteiger partial charge in [-0.25, -0.2) is 4.79 Å². The molecule has 0 aliphatic carbocycles. The van der Waals surface area contributed by atoms with Gasteiger partial charge in [0.25, 0.3) is 11.6 Å². The number of nitro groups is 1. The Morgan fingerprint density at radius 1 is 1.35 bits per heavy atom. The summed E-state index contributed by atoms with van der Waals surface area (Å²) in [6.45, 7) is 6.18. The second-order valence-corrected chi connectivity index (χ2v) is 6.68. The Hall–Kier alpha value is -2.62. The maximum Gasteiger partial charge on any atom is 0.408 e. The van der Waals surface area contributed by atoms with E-state index in [1.54, 1.807) is 20.8 Å². The zero-order valence-electron chi connectivity index (χ0n) is 14.6. The summed E-state index contributed by atoms with van der Waals surface area (Å²) in [5, 5.41) is 13.0. The third-order valence-electron chi connectivity index (χ3n) is 2.96. The molecule has 0 aromatic heterocycles. The van der Waals surface area contributed by atoms with E-state index < -0.39 is 45.7 Å². The Bertz CT molecular complexity index is 749. The molecule has 1 rings (SSSR count). The molecule has 0 aliphatic rings. The molecule has 2 radical (unpaired) electrons. The lowest BCUT2D eigenvalue weighted by Gasteiger charge is -2.24. The molecule has 0 bridgehead atoms. The highest BCUT2D eigenvalue weighted by atomic mass is 35.5. The van der Waals surface area contributed by atoms with Gasteiger partial charge in [0.05, 0.1) is 9.95 Å². The van der Waals surface area contributed by atoms with Crippen LogP contribution in [0.2, 0.25) is 5.02 Å². The van der Waals surface area contributed by atoms with E-state index in [1.807, 2.05) is 0 Å². The molecular formula is C15H17BClN3O6. The van der Waals surface area contributed by atoms with Gasteiger partial charge in [-0.2, -0.15) is 0 Å². The number of carbonyl (C=O) groups excluding carboxylic acids is 3. The summed E-state index contributed by atoms with van der Waals surface area (Å²) in [6.07, 6.45) is -0.886. The molecule has 0 heterocycles. The predicted molar refractivity (Wildman–Crippen MR) is 93.9 cm³/mol. The molecule has 0 unspecified atom stereocenters. The van der Waals surface area contributed by atoms with E-state index in [1.165, 1.54) is 19.1 Å². The number of nitrogens with one attached hydrogen (secondary N) is 1. The molecule has 0 aliphatic heterocycles. The highest BCUT2D eigenvalue weighted by Crippen LogP contribution is 2.27. The second-order valence-electron chi connectivity index (χ2n) is 6.27. The average Bonchev–Trinajstić information content (AvgIpc) is 2.50. The van der Waals surface area contributed by atoms with Gasteiger partial charge in [0.1, 0.15) is 17.2 Å². The van der Waals surface area contributed by atoms with Crippen molar-refractivity contribution < 1.29 is 24.0 Å². The third-order valence-corrected chi connectivity index (χ3v) is 3.28. The molecule has 26 heavy (non-hydrogen) atoms. The number of nitrogens with zero attached hydrogens (tertiary/aromatic N) is 2. The summed E-state index contributed by atoms with van der Waals surface area (Å²) in [5.41, 5.74) is -1.92. The highest BCUT2D eigenvalue weighted by Gasteiger charge is 2.31. The number of benzene rings is 1. The Balaban J connectivity index is 2.97. The summed E-state index contributed by atoms with van der Waals surface area (Å²) in [4.78, 5) is 46.7. The number of nitro benzene ring substituents is 1. The first-order valence-corrected chi connectivity index (χ1v) is 7.78. The van der Waals surface area contributed by atoms with E-state index in [0.29, 0.717) is 0 Å². The number of alkyl carbamates (subject to hydrolysis) is 1. The molecule has 1 aromatic rings. The van der Waals surface area contributed by atoms with Crippen LogP contribution in [0.4, 0.5) is 10.5 Å². The highest BCUT2D eigenvalue weighted by molar-refractivity contribution is 6.37. The monoisotopic (exact) mass is 381 g/mol. The van der Waals surface area contributed by atoms with Crippen molar-refractivity contribution in [1.29, 1.82) is 0 Å². The minimum absolute atomic E-state index is 0.163. The fourth-order valence-electron chi connectivity index (χ4n) is 1.85. The predicted octanol–water partition coefficient (Wildman–Crippen LogP) is 2.21. The van der Waals surface area contributed by atoms with Gasteiger partial charge in [0.2, 0.25) is 13.9 Å². The van der Waals surface area contributed by atoms with Gasteiger partial charge in [-0.05, 0) is 33.8 Å². The Morgan fingerprint density at radius 2 is 1.92 bits per heavy atom. The molecular weight excluding hydrogens is 364 g/mol. The molecule has 9 nitrogen and oxygen atoms in total. The quantitative estimate of drug-likeness (QED) is 0.485. The third kappa shape index (κ3) is 5.45. The molecule has 0 spiro atoms. The van der Waals surface area contributed by atoms with Crippen molar-refractivity contribution >= 4 is 43.2 Å². The molecule has 1 atom stereocenters. The minimum atomic E-state index is -1.22.